The maximum Gasteiger partial charge on any atom is 0.237 e. The molecule has 5 nitrogen and oxygen atoms in total. The number of carbonyl (C=O) groups excluding carboxylic acids is 2. The second-order valence-electron chi connectivity index (χ2n) is 6.54. The van der Waals surface area contributed by atoms with Gasteiger partial charge in [0.15, 0.2) is 0 Å². The summed E-state index contributed by atoms with van der Waals surface area (Å²) in [4.78, 5) is 25.7. The Kier molecular flexibility index (Phi) is 7.56. The monoisotopic (exact) mass is 366 g/mol. The molecule has 2 rings (SSSR count). The number of nitrogens with one attached hydrogen (secondary N) is 1. The molecule has 1 aromatic carbocycles. The van der Waals surface area contributed by atoms with Gasteiger partial charge in [-0.25, -0.2) is 0 Å². The van der Waals surface area contributed by atoms with E-state index in [1.165, 1.54) is 5.56 Å². The summed E-state index contributed by atoms with van der Waals surface area (Å²) < 4.78 is 5.65. The molecular weight excluding hydrogens is 340 g/mol. The topological polar surface area (TPSA) is 58.6 Å². The Morgan fingerprint density at radius 1 is 1.28 bits per heavy atom. The molecule has 138 valence electrons. The molecule has 0 radical (unpaired) electrons. The first-order valence-electron chi connectivity index (χ1n) is 8.87. The number of carbonyl (C=O) groups is 2. The lowest BCUT2D eigenvalue weighted by Gasteiger charge is -2.32. The molecule has 1 saturated heterocycles. The van der Waals surface area contributed by atoms with Crippen LogP contribution in [-0.2, 0) is 9.59 Å². The van der Waals surface area contributed by atoms with Crippen LogP contribution in [0, 0.1) is 6.92 Å². The Hall–Kier alpha value is -1.75. The predicted octanol–water partition coefficient (Wildman–Crippen LogP) is 2.89. The molecule has 1 aromatic rings. The Bertz CT molecular complexity index is 567. The molecule has 1 fully saturated rings. The molecule has 1 aliphatic rings. The molecule has 1 atom stereocenters. The zero-order valence-corrected chi connectivity index (χ0v) is 15.7. The standard InChI is InChI=1S/C19H27ClN2O3/c1-14-5-7-17(8-6-14)25-13-3-4-18(23)22-11-9-16(10-12-22)21-19(24)15(2)20/h5-8,15-16H,3-4,9-13H2,1-2H3,(H,21,24). The third-order valence-corrected chi connectivity index (χ3v) is 4.58. The van der Waals surface area contributed by atoms with Crippen LogP contribution >= 0.6 is 11.6 Å². The van der Waals surface area contributed by atoms with Crippen molar-refractivity contribution in [3.63, 3.8) is 0 Å². The average molecular weight is 367 g/mol. The zero-order chi connectivity index (χ0) is 18.2. The second kappa shape index (κ2) is 9.66. The number of likely N-dealkylation sites (tertiary alicyclic amines) is 1. The van der Waals surface area contributed by atoms with Crippen molar-refractivity contribution in [1.82, 2.24) is 10.2 Å². The number of nitrogens with zero attached hydrogens (tertiary/aromatic N) is 1. The van der Waals surface area contributed by atoms with Gasteiger partial charge in [0.2, 0.25) is 11.8 Å². The fraction of sp³-hybridized carbons (Fsp3) is 0.579. The highest BCUT2D eigenvalue weighted by Gasteiger charge is 2.24. The fourth-order valence-electron chi connectivity index (χ4n) is 2.80. The average Bonchev–Trinajstić information content (AvgIpc) is 2.60. The third kappa shape index (κ3) is 6.58. The van der Waals surface area contributed by atoms with Crippen LogP contribution in [0.4, 0.5) is 0 Å². The Labute approximate surface area is 154 Å². The van der Waals surface area contributed by atoms with E-state index in [-0.39, 0.29) is 17.9 Å². The Morgan fingerprint density at radius 3 is 2.52 bits per heavy atom. The molecule has 0 bridgehead atoms. The normalized spacial score (nSPS) is 16.4. The molecule has 1 heterocycles. The molecule has 1 unspecified atom stereocenters. The number of aryl methyl sites for hydroxylation is 1. The van der Waals surface area contributed by atoms with Crippen molar-refractivity contribution in [2.24, 2.45) is 0 Å². The zero-order valence-electron chi connectivity index (χ0n) is 15.0. The second-order valence-corrected chi connectivity index (χ2v) is 7.20. The van der Waals surface area contributed by atoms with Crippen LogP contribution < -0.4 is 10.1 Å². The van der Waals surface area contributed by atoms with E-state index in [1.54, 1.807) is 6.92 Å². The van der Waals surface area contributed by atoms with Gasteiger partial charge in [-0.1, -0.05) is 17.7 Å². The summed E-state index contributed by atoms with van der Waals surface area (Å²) in [6.45, 7) is 5.59. The SMILES string of the molecule is Cc1ccc(OCCCC(=O)N2CCC(NC(=O)C(C)Cl)CC2)cc1. The van der Waals surface area contributed by atoms with E-state index in [1.807, 2.05) is 36.1 Å². The number of ether oxygens (including phenoxy) is 1. The van der Waals surface area contributed by atoms with Crippen LogP contribution in [0.2, 0.25) is 0 Å². The van der Waals surface area contributed by atoms with Crippen LogP contribution in [0.3, 0.4) is 0 Å². The highest BCUT2D eigenvalue weighted by Crippen LogP contribution is 2.14. The summed E-state index contributed by atoms with van der Waals surface area (Å²) in [6, 6.07) is 8.01. The first-order valence-corrected chi connectivity index (χ1v) is 9.31. The first-order chi connectivity index (χ1) is 12.0. The van der Waals surface area contributed by atoms with E-state index >= 15 is 0 Å². The lowest BCUT2D eigenvalue weighted by molar-refractivity contribution is -0.132. The van der Waals surface area contributed by atoms with Gasteiger partial charge in [-0.05, 0) is 45.2 Å². The van der Waals surface area contributed by atoms with Crippen LogP contribution in [0.15, 0.2) is 24.3 Å². The van der Waals surface area contributed by atoms with E-state index in [2.05, 4.69) is 5.32 Å². The molecule has 1 aliphatic heterocycles. The quantitative estimate of drug-likeness (QED) is 0.596. The summed E-state index contributed by atoms with van der Waals surface area (Å²) in [6.07, 6.45) is 2.75. The maximum atomic E-state index is 12.3. The van der Waals surface area contributed by atoms with E-state index in [0.29, 0.717) is 32.5 Å². The minimum atomic E-state index is -0.520. The van der Waals surface area contributed by atoms with Gasteiger partial charge in [-0.2, -0.15) is 0 Å². The number of amides is 2. The van der Waals surface area contributed by atoms with Crippen LogP contribution in [0.1, 0.15) is 38.2 Å². The van der Waals surface area contributed by atoms with Crippen LogP contribution in [-0.4, -0.2) is 47.8 Å². The van der Waals surface area contributed by atoms with E-state index < -0.39 is 5.38 Å². The van der Waals surface area contributed by atoms with Gasteiger partial charge in [0.25, 0.3) is 0 Å². The molecule has 0 aromatic heterocycles. The van der Waals surface area contributed by atoms with Crippen molar-refractivity contribution in [1.29, 1.82) is 0 Å². The largest absolute Gasteiger partial charge is 0.494 e. The van der Waals surface area contributed by atoms with Crippen molar-refractivity contribution in [3.05, 3.63) is 29.8 Å². The van der Waals surface area contributed by atoms with Gasteiger partial charge in [0.1, 0.15) is 11.1 Å². The molecule has 0 spiro atoms. The van der Waals surface area contributed by atoms with Crippen LogP contribution in [0.5, 0.6) is 5.75 Å². The summed E-state index contributed by atoms with van der Waals surface area (Å²) in [5.74, 6) is 0.853. The van der Waals surface area contributed by atoms with Gasteiger partial charge >= 0.3 is 0 Å². The summed E-state index contributed by atoms with van der Waals surface area (Å²) in [5.41, 5.74) is 1.20. The van der Waals surface area contributed by atoms with Gasteiger partial charge < -0.3 is 15.0 Å². The van der Waals surface area contributed by atoms with Crippen molar-refractivity contribution >= 4 is 23.4 Å². The predicted molar refractivity (Wildman–Crippen MR) is 99.0 cm³/mol. The van der Waals surface area contributed by atoms with Crippen LogP contribution in [0.25, 0.3) is 0 Å². The van der Waals surface area contributed by atoms with Crippen molar-refractivity contribution in [3.8, 4) is 5.75 Å². The van der Waals surface area contributed by atoms with E-state index in [9.17, 15) is 9.59 Å². The minimum absolute atomic E-state index is 0.114. The molecule has 0 aliphatic carbocycles. The number of alkyl halides is 1. The van der Waals surface area contributed by atoms with Crippen molar-refractivity contribution in [2.45, 2.75) is 50.9 Å². The molecule has 0 saturated carbocycles. The summed E-state index contributed by atoms with van der Waals surface area (Å²) in [7, 11) is 0. The number of piperidine rings is 1. The number of benzene rings is 1. The first kappa shape index (κ1) is 19.6. The smallest absolute Gasteiger partial charge is 0.237 e. The fourth-order valence-corrected chi connectivity index (χ4v) is 2.86. The van der Waals surface area contributed by atoms with E-state index in [4.69, 9.17) is 16.3 Å². The maximum absolute atomic E-state index is 12.3. The number of hydrogen-bond donors (Lipinski definition) is 1. The highest BCUT2D eigenvalue weighted by atomic mass is 35.5. The lowest BCUT2D eigenvalue weighted by Crippen LogP contribution is -2.47. The Balaban J connectivity index is 1.62. The Morgan fingerprint density at radius 2 is 1.92 bits per heavy atom. The third-order valence-electron chi connectivity index (χ3n) is 4.38. The number of rotatable bonds is 7. The minimum Gasteiger partial charge on any atom is -0.494 e. The summed E-state index contributed by atoms with van der Waals surface area (Å²) in [5, 5.41) is 2.40. The number of hydrogen-bond acceptors (Lipinski definition) is 3. The van der Waals surface area contributed by atoms with Gasteiger partial charge in [-0.15, -0.1) is 11.6 Å². The molecule has 25 heavy (non-hydrogen) atoms. The lowest BCUT2D eigenvalue weighted by atomic mass is 10.0. The molecule has 2 amide bonds. The van der Waals surface area contributed by atoms with Gasteiger partial charge in [-0.3, -0.25) is 9.59 Å². The van der Waals surface area contributed by atoms with Gasteiger partial charge in [0.05, 0.1) is 6.61 Å². The number of halogens is 1. The van der Waals surface area contributed by atoms with Gasteiger partial charge in [0, 0.05) is 25.6 Å². The molecule has 6 heteroatoms. The van der Waals surface area contributed by atoms with Crippen molar-refractivity contribution in [2.75, 3.05) is 19.7 Å². The summed E-state index contributed by atoms with van der Waals surface area (Å²) >= 11 is 5.76. The van der Waals surface area contributed by atoms with Crippen molar-refractivity contribution < 1.29 is 14.3 Å². The molecule has 1 N–H and O–H groups in total. The highest BCUT2D eigenvalue weighted by molar-refractivity contribution is 6.30. The molecular formula is C19H27ClN2O3. The van der Waals surface area contributed by atoms with E-state index in [0.717, 1.165) is 18.6 Å².